The van der Waals surface area contributed by atoms with Gasteiger partial charge in [0.25, 0.3) is 0 Å². The third-order valence-corrected chi connectivity index (χ3v) is 4.60. The first-order chi connectivity index (χ1) is 8.24. The summed E-state index contributed by atoms with van der Waals surface area (Å²) in [4.78, 5) is 11.1. The number of aromatic nitrogens is 2. The Balaban J connectivity index is 1.76. The average molecular weight is 344 g/mol. The highest BCUT2D eigenvalue weighted by Gasteiger charge is 2.39. The van der Waals surface area contributed by atoms with Crippen LogP contribution in [0.1, 0.15) is 19.3 Å². The Kier molecular flexibility index (Phi) is 3.21. The zero-order valence-corrected chi connectivity index (χ0v) is 11.9. The molecule has 1 saturated heterocycles. The van der Waals surface area contributed by atoms with Crippen LogP contribution in [0.25, 0.3) is 0 Å². The van der Waals surface area contributed by atoms with Gasteiger partial charge in [-0.15, -0.1) is 0 Å². The Morgan fingerprint density at radius 3 is 2.71 bits per heavy atom. The highest BCUT2D eigenvalue weighted by Crippen LogP contribution is 2.36. The van der Waals surface area contributed by atoms with Gasteiger partial charge in [0, 0.05) is 35.1 Å². The number of hydrogen-bond donors (Lipinski definition) is 1. The predicted molar refractivity (Wildman–Crippen MR) is 75.8 cm³/mol. The van der Waals surface area contributed by atoms with Crippen LogP contribution in [0.5, 0.6) is 0 Å². The first-order valence-corrected chi connectivity index (χ1v) is 7.30. The average Bonchev–Trinajstić information content (AvgIpc) is 2.75. The lowest BCUT2D eigenvalue weighted by molar-refractivity contribution is 0.260. The number of rotatable bonds is 1. The highest BCUT2D eigenvalue weighted by molar-refractivity contribution is 14.1. The Morgan fingerprint density at radius 1 is 1.24 bits per heavy atom. The van der Waals surface area contributed by atoms with Crippen LogP contribution in [-0.4, -0.2) is 29.1 Å². The third-order valence-electron chi connectivity index (χ3n) is 4.04. The van der Waals surface area contributed by atoms with Gasteiger partial charge in [-0.25, -0.2) is 9.97 Å². The normalized spacial score (nSPS) is 32.6. The molecule has 3 atom stereocenters. The van der Waals surface area contributed by atoms with Crippen molar-refractivity contribution in [2.75, 3.05) is 18.0 Å². The summed E-state index contributed by atoms with van der Waals surface area (Å²) in [7, 11) is 0. The molecule has 0 radical (unpaired) electrons. The van der Waals surface area contributed by atoms with E-state index in [0.29, 0.717) is 12.0 Å². The summed E-state index contributed by atoms with van der Waals surface area (Å²) in [5.41, 5.74) is 6.22. The summed E-state index contributed by atoms with van der Waals surface area (Å²) < 4.78 is 1.08. The van der Waals surface area contributed by atoms with Gasteiger partial charge in [-0.05, 0) is 47.3 Å². The van der Waals surface area contributed by atoms with Crippen LogP contribution in [-0.2, 0) is 0 Å². The molecule has 0 spiro atoms. The summed E-state index contributed by atoms with van der Waals surface area (Å²) in [6.07, 6.45) is 7.54. The molecule has 2 N–H and O–H groups in total. The SMILES string of the molecule is NC1CCCC2CN(c3ncc(I)cn3)CC12. The summed E-state index contributed by atoms with van der Waals surface area (Å²) >= 11 is 2.23. The fraction of sp³-hybridized carbons (Fsp3) is 0.667. The van der Waals surface area contributed by atoms with Crippen LogP contribution >= 0.6 is 22.6 Å². The van der Waals surface area contributed by atoms with E-state index in [9.17, 15) is 0 Å². The smallest absolute Gasteiger partial charge is 0.225 e. The van der Waals surface area contributed by atoms with Gasteiger partial charge in [0.15, 0.2) is 0 Å². The molecule has 1 saturated carbocycles. The molecule has 3 rings (SSSR count). The molecular formula is C12H17IN4. The van der Waals surface area contributed by atoms with Gasteiger partial charge in [0.1, 0.15) is 0 Å². The molecule has 1 aliphatic heterocycles. The minimum atomic E-state index is 0.377. The molecule has 92 valence electrons. The van der Waals surface area contributed by atoms with Gasteiger partial charge in [-0.3, -0.25) is 0 Å². The number of nitrogens with two attached hydrogens (primary N) is 1. The van der Waals surface area contributed by atoms with Crippen molar-refractivity contribution in [1.82, 2.24) is 9.97 Å². The van der Waals surface area contributed by atoms with E-state index in [4.69, 9.17) is 5.73 Å². The van der Waals surface area contributed by atoms with Crippen molar-refractivity contribution in [2.45, 2.75) is 25.3 Å². The quantitative estimate of drug-likeness (QED) is 0.787. The molecule has 0 bridgehead atoms. The van der Waals surface area contributed by atoms with Crippen molar-refractivity contribution < 1.29 is 0 Å². The van der Waals surface area contributed by atoms with Gasteiger partial charge >= 0.3 is 0 Å². The van der Waals surface area contributed by atoms with Crippen LogP contribution in [0.2, 0.25) is 0 Å². The number of halogens is 1. The van der Waals surface area contributed by atoms with E-state index in [1.54, 1.807) is 0 Å². The Hall–Kier alpha value is -0.430. The maximum absolute atomic E-state index is 6.22. The van der Waals surface area contributed by atoms with E-state index in [1.807, 2.05) is 12.4 Å². The molecule has 5 heteroatoms. The molecule has 2 aliphatic rings. The second-order valence-electron chi connectivity index (χ2n) is 5.12. The highest BCUT2D eigenvalue weighted by atomic mass is 127. The monoisotopic (exact) mass is 344 g/mol. The maximum atomic E-state index is 6.22. The van der Waals surface area contributed by atoms with E-state index in [1.165, 1.54) is 19.3 Å². The standard InChI is InChI=1S/C12H17IN4/c13-9-4-15-12(16-5-9)17-6-8-2-1-3-11(14)10(8)7-17/h4-5,8,10-11H,1-3,6-7,14H2. The fourth-order valence-corrected chi connectivity index (χ4v) is 3.43. The van der Waals surface area contributed by atoms with Gasteiger partial charge < -0.3 is 10.6 Å². The lowest BCUT2D eigenvalue weighted by Gasteiger charge is -2.29. The van der Waals surface area contributed by atoms with Crippen LogP contribution in [0.15, 0.2) is 12.4 Å². The van der Waals surface area contributed by atoms with E-state index in [-0.39, 0.29) is 0 Å². The van der Waals surface area contributed by atoms with Gasteiger partial charge in [-0.1, -0.05) is 6.42 Å². The predicted octanol–water partition coefficient (Wildman–Crippen LogP) is 1.64. The van der Waals surface area contributed by atoms with E-state index in [2.05, 4.69) is 37.5 Å². The Bertz CT molecular complexity index is 394. The largest absolute Gasteiger partial charge is 0.340 e. The molecule has 17 heavy (non-hydrogen) atoms. The molecule has 0 aromatic carbocycles. The summed E-state index contributed by atoms with van der Waals surface area (Å²) in [5, 5.41) is 0. The Morgan fingerprint density at radius 2 is 2.00 bits per heavy atom. The summed E-state index contributed by atoms with van der Waals surface area (Å²) in [5.74, 6) is 2.26. The molecule has 1 aromatic rings. The number of nitrogens with zero attached hydrogens (tertiary/aromatic N) is 3. The topological polar surface area (TPSA) is 55.0 Å². The molecule has 3 unspecified atom stereocenters. The van der Waals surface area contributed by atoms with Crippen molar-refractivity contribution >= 4 is 28.5 Å². The molecule has 2 heterocycles. The molecule has 0 amide bonds. The molecule has 2 fully saturated rings. The van der Waals surface area contributed by atoms with E-state index in [0.717, 1.165) is 28.5 Å². The van der Waals surface area contributed by atoms with E-state index >= 15 is 0 Å². The van der Waals surface area contributed by atoms with Crippen molar-refractivity contribution in [1.29, 1.82) is 0 Å². The molecule has 1 aromatic heterocycles. The second-order valence-corrected chi connectivity index (χ2v) is 6.37. The van der Waals surface area contributed by atoms with Gasteiger partial charge in [-0.2, -0.15) is 0 Å². The van der Waals surface area contributed by atoms with Gasteiger partial charge in [0.2, 0.25) is 5.95 Å². The van der Waals surface area contributed by atoms with Crippen molar-refractivity contribution in [3.8, 4) is 0 Å². The fourth-order valence-electron chi connectivity index (χ4n) is 3.15. The first kappa shape index (κ1) is 11.6. The van der Waals surface area contributed by atoms with Crippen LogP contribution < -0.4 is 10.6 Å². The Labute approximate surface area is 115 Å². The summed E-state index contributed by atoms with van der Waals surface area (Å²) in [6, 6.07) is 0.377. The number of fused-ring (bicyclic) bond motifs is 1. The zero-order valence-electron chi connectivity index (χ0n) is 9.72. The molecule has 4 nitrogen and oxygen atoms in total. The lowest BCUT2D eigenvalue weighted by Crippen LogP contribution is -2.38. The summed E-state index contributed by atoms with van der Waals surface area (Å²) in [6.45, 7) is 2.12. The van der Waals surface area contributed by atoms with Crippen molar-refractivity contribution in [3.05, 3.63) is 16.0 Å². The van der Waals surface area contributed by atoms with Gasteiger partial charge in [0.05, 0.1) is 0 Å². The second kappa shape index (κ2) is 4.68. The van der Waals surface area contributed by atoms with Crippen molar-refractivity contribution in [3.63, 3.8) is 0 Å². The number of hydrogen-bond acceptors (Lipinski definition) is 4. The molecule has 1 aliphatic carbocycles. The first-order valence-electron chi connectivity index (χ1n) is 6.22. The molecular weight excluding hydrogens is 327 g/mol. The van der Waals surface area contributed by atoms with Crippen molar-refractivity contribution in [2.24, 2.45) is 17.6 Å². The zero-order chi connectivity index (χ0) is 11.8. The minimum Gasteiger partial charge on any atom is -0.340 e. The third kappa shape index (κ3) is 2.27. The van der Waals surface area contributed by atoms with Crippen LogP contribution in [0.4, 0.5) is 5.95 Å². The lowest BCUT2D eigenvalue weighted by atomic mass is 9.78. The van der Waals surface area contributed by atoms with E-state index < -0.39 is 0 Å². The number of anilines is 1. The van der Waals surface area contributed by atoms with Crippen LogP contribution in [0, 0.1) is 15.4 Å². The van der Waals surface area contributed by atoms with Crippen LogP contribution in [0.3, 0.4) is 0 Å². The maximum Gasteiger partial charge on any atom is 0.225 e. The minimum absolute atomic E-state index is 0.377.